The molecule has 0 saturated carbocycles. The Morgan fingerprint density at radius 3 is 2.72 bits per heavy atom. The number of thiophene rings is 1. The molecule has 2 aromatic heterocycles. The van der Waals surface area contributed by atoms with E-state index in [2.05, 4.69) is 20.9 Å². The number of oxazole rings is 1. The molecule has 0 aliphatic carbocycles. The third-order valence-electron chi connectivity index (χ3n) is 2.37. The predicted molar refractivity (Wildman–Crippen MR) is 79.5 cm³/mol. The lowest BCUT2D eigenvalue weighted by Crippen LogP contribution is -1.84. The number of hydrogen-bond acceptors (Lipinski definition) is 4. The Morgan fingerprint density at radius 2 is 2.06 bits per heavy atom. The monoisotopic (exact) mass is 362 g/mol. The molecule has 7 heteroatoms. The van der Waals surface area contributed by atoms with Crippen molar-refractivity contribution in [3.05, 3.63) is 31.3 Å². The molecule has 0 radical (unpaired) electrons. The molecule has 0 amide bonds. The molecular formula is C11H5BrCl2N2OS. The number of aromatic nitrogens is 1. The van der Waals surface area contributed by atoms with Crippen LogP contribution in [0, 0.1) is 0 Å². The molecule has 3 aromatic rings. The Bertz CT molecular complexity index is 753. The van der Waals surface area contributed by atoms with Gasteiger partial charge in [0.05, 0.1) is 15.6 Å². The van der Waals surface area contributed by atoms with E-state index < -0.39 is 0 Å². The minimum Gasteiger partial charge on any atom is -0.434 e. The van der Waals surface area contributed by atoms with E-state index in [0.717, 1.165) is 4.47 Å². The van der Waals surface area contributed by atoms with Crippen LogP contribution in [-0.4, -0.2) is 4.98 Å². The van der Waals surface area contributed by atoms with Crippen molar-refractivity contribution in [1.82, 2.24) is 4.98 Å². The van der Waals surface area contributed by atoms with Gasteiger partial charge in [0.25, 0.3) is 0 Å². The van der Waals surface area contributed by atoms with Gasteiger partial charge in [0.2, 0.25) is 5.89 Å². The van der Waals surface area contributed by atoms with Crippen LogP contribution in [0.1, 0.15) is 0 Å². The van der Waals surface area contributed by atoms with Crippen molar-refractivity contribution in [2.45, 2.75) is 0 Å². The summed E-state index contributed by atoms with van der Waals surface area (Å²) in [4.78, 5) is 4.37. The SMILES string of the molecule is Nc1cc(Br)cc2nc(-c3cc(Cl)sc3Cl)oc12. The fourth-order valence-electron chi connectivity index (χ4n) is 1.62. The van der Waals surface area contributed by atoms with Crippen molar-refractivity contribution < 1.29 is 4.42 Å². The molecule has 3 nitrogen and oxygen atoms in total. The molecule has 92 valence electrons. The van der Waals surface area contributed by atoms with E-state index in [0.29, 0.717) is 36.9 Å². The second-order valence-corrected chi connectivity index (χ2v) is 6.80. The first-order valence-corrected chi connectivity index (χ1v) is 7.22. The number of anilines is 1. The van der Waals surface area contributed by atoms with Gasteiger partial charge in [-0.3, -0.25) is 0 Å². The normalized spacial score (nSPS) is 11.3. The van der Waals surface area contributed by atoms with Crippen molar-refractivity contribution in [3.8, 4) is 11.5 Å². The summed E-state index contributed by atoms with van der Waals surface area (Å²) in [5.41, 5.74) is 8.30. The second-order valence-electron chi connectivity index (χ2n) is 3.60. The third-order valence-corrected chi connectivity index (χ3v) is 4.32. The maximum atomic E-state index is 6.07. The number of nitrogens with zero attached hydrogens (tertiary/aromatic N) is 1. The second kappa shape index (κ2) is 4.42. The van der Waals surface area contributed by atoms with Crippen molar-refractivity contribution in [1.29, 1.82) is 0 Å². The minimum absolute atomic E-state index is 0.419. The summed E-state index contributed by atoms with van der Waals surface area (Å²) in [6, 6.07) is 5.32. The highest BCUT2D eigenvalue weighted by molar-refractivity contribution is 9.10. The molecule has 0 saturated heterocycles. The molecule has 0 fully saturated rings. The lowest BCUT2D eigenvalue weighted by atomic mass is 10.3. The van der Waals surface area contributed by atoms with Crippen molar-refractivity contribution >= 4 is 67.3 Å². The van der Waals surface area contributed by atoms with E-state index in [1.807, 2.05) is 6.07 Å². The number of benzene rings is 1. The van der Waals surface area contributed by atoms with Gasteiger partial charge in [-0.2, -0.15) is 0 Å². The van der Waals surface area contributed by atoms with E-state index >= 15 is 0 Å². The van der Waals surface area contributed by atoms with Crippen LogP contribution in [0.4, 0.5) is 5.69 Å². The van der Waals surface area contributed by atoms with Crippen LogP contribution in [0.2, 0.25) is 8.67 Å². The molecule has 0 unspecified atom stereocenters. The zero-order valence-electron chi connectivity index (χ0n) is 8.71. The van der Waals surface area contributed by atoms with Crippen LogP contribution in [0.15, 0.2) is 27.1 Å². The van der Waals surface area contributed by atoms with Gasteiger partial charge in [-0.05, 0) is 18.2 Å². The summed E-state index contributed by atoms with van der Waals surface area (Å²) in [5.74, 6) is 0.419. The highest BCUT2D eigenvalue weighted by Crippen LogP contribution is 2.39. The van der Waals surface area contributed by atoms with E-state index in [1.165, 1.54) is 11.3 Å². The summed E-state index contributed by atoms with van der Waals surface area (Å²) in [6.45, 7) is 0. The molecule has 1 aromatic carbocycles. The molecule has 18 heavy (non-hydrogen) atoms. The maximum absolute atomic E-state index is 6.07. The summed E-state index contributed by atoms with van der Waals surface area (Å²) >= 11 is 16.6. The molecule has 2 N–H and O–H groups in total. The summed E-state index contributed by atoms with van der Waals surface area (Å²) in [6.07, 6.45) is 0. The summed E-state index contributed by atoms with van der Waals surface area (Å²) < 4.78 is 7.62. The molecule has 0 spiro atoms. The molecule has 3 rings (SSSR count). The highest BCUT2D eigenvalue weighted by atomic mass is 79.9. The van der Waals surface area contributed by atoms with Crippen LogP contribution in [-0.2, 0) is 0 Å². The summed E-state index contributed by atoms with van der Waals surface area (Å²) in [5, 5.41) is 0. The van der Waals surface area contributed by atoms with Crippen LogP contribution in [0.5, 0.6) is 0 Å². The highest BCUT2D eigenvalue weighted by Gasteiger charge is 2.16. The lowest BCUT2D eigenvalue weighted by molar-refractivity contribution is 0.621. The van der Waals surface area contributed by atoms with Gasteiger partial charge in [-0.1, -0.05) is 39.1 Å². The van der Waals surface area contributed by atoms with Crippen molar-refractivity contribution in [3.63, 3.8) is 0 Å². The number of fused-ring (bicyclic) bond motifs is 1. The van der Waals surface area contributed by atoms with Crippen LogP contribution in [0.3, 0.4) is 0 Å². The van der Waals surface area contributed by atoms with Gasteiger partial charge in [-0.25, -0.2) is 4.98 Å². The van der Waals surface area contributed by atoms with Gasteiger partial charge in [0, 0.05) is 4.47 Å². The van der Waals surface area contributed by atoms with E-state index in [4.69, 9.17) is 33.4 Å². The van der Waals surface area contributed by atoms with E-state index in [9.17, 15) is 0 Å². The number of nitrogens with two attached hydrogens (primary N) is 1. The quantitative estimate of drug-likeness (QED) is 0.604. The van der Waals surface area contributed by atoms with Crippen LogP contribution < -0.4 is 5.73 Å². The average molecular weight is 364 g/mol. The van der Waals surface area contributed by atoms with Crippen LogP contribution >= 0.6 is 50.5 Å². The molecule has 0 aliphatic heterocycles. The standard InChI is InChI=1S/C11H5BrCl2N2OS/c12-4-1-6(15)9-7(2-4)16-11(17-9)5-3-8(13)18-10(5)14/h1-3H,15H2. The molecule has 0 aliphatic rings. The first-order chi connectivity index (χ1) is 8.54. The van der Waals surface area contributed by atoms with Crippen LogP contribution in [0.25, 0.3) is 22.6 Å². The Hall–Kier alpha value is -0.750. The van der Waals surface area contributed by atoms with Crippen molar-refractivity contribution in [2.24, 2.45) is 0 Å². The third kappa shape index (κ3) is 2.01. The predicted octanol–water partition coefficient (Wildman–Crippen LogP) is 5.21. The van der Waals surface area contributed by atoms with Gasteiger partial charge in [-0.15, -0.1) is 11.3 Å². The average Bonchev–Trinajstić information content (AvgIpc) is 2.81. The van der Waals surface area contributed by atoms with Gasteiger partial charge in [0.1, 0.15) is 9.85 Å². The number of nitrogen functional groups attached to an aromatic ring is 1. The number of halogens is 3. The zero-order valence-corrected chi connectivity index (χ0v) is 12.6. The summed E-state index contributed by atoms with van der Waals surface area (Å²) in [7, 11) is 0. The zero-order chi connectivity index (χ0) is 12.9. The minimum atomic E-state index is 0.419. The lowest BCUT2D eigenvalue weighted by Gasteiger charge is -1.94. The Kier molecular flexibility index (Phi) is 3.02. The van der Waals surface area contributed by atoms with Gasteiger partial charge in [0.15, 0.2) is 5.58 Å². The molecule has 0 bridgehead atoms. The van der Waals surface area contributed by atoms with Gasteiger partial charge < -0.3 is 10.2 Å². The van der Waals surface area contributed by atoms with E-state index in [-0.39, 0.29) is 0 Å². The first kappa shape index (κ1) is 12.3. The molecule has 0 atom stereocenters. The molecular weight excluding hydrogens is 359 g/mol. The van der Waals surface area contributed by atoms with Gasteiger partial charge >= 0.3 is 0 Å². The number of rotatable bonds is 1. The molecule has 2 heterocycles. The Labute approximate surface area is 125 Å². The topological polar surface area (TPSA) is 52.0 Å². The Balaban J connectivity index is 2.25. The fourth-order valence-corrected chi connectivity index (χ4v) is 3.54. The number of hydrogen-bond donors (Lipinski definition) is 1. The van der Waals surface area contributed by atoms with Crippen molar-refractivity contribution in [2.75, 3.05) is 5.73 Å². The smallest absolute Gasteiger partial charge is 0.229 e. The maximum Gasteiger partial charge on any atom is 0.229 e. The first-order valence-electron chi connectivity index (χ1n) is 4.85. The fraction of sp³-hybridized carbons (Fsp3) is 0. The Morgan fingerprint density at radius 1 is 1.28 bits per heavy atom. The largest absolute Gasteiger partial charge is 0.434 e. The van der Waals surface area contributed by atoms with E-state index in [1.54, 1.807) is 12.1 Å².